The molecule has 0 fully saturated rings. The summed E-state index contributed by atoms with van der Waals surface area (Å²) in [6, 6.07) is 0.759. The second kappa shape index (κ2) is 9.83. The lowest BCUT2D eigenvalue weighted by Gasteiger charge is -2.14. The van der Waals surface area contributed by atoms with E-state index in [0.29, 0.717) is 31.8 Å². The highest BCUT2D eigenvalue weighted by Crippen LogP contribution is 2.36. The van der Waals surface area contributed by atoms with E-state index < -0.39 is 35.0 Å². The normalized spacial score (nSPS) is 11.8. The van der Waals surface area contributed by atoms with Gasteiger partial charge in [-0.05, 0) is 18.2 Å². The molecule has 1 aromatic carbocycles. The minimum absolute atomic E-state index is 0. The first-order valence-electron chi connectivity index (χ1n) is 6.83. The Morgan fingerprint density at radius 1 is 0.960 bits per heavy atom. The lowest BCUT2D eigenvalue weighted by Crippen LogP contribution is -2.33. The maximum absolute atomic E-state index is 12.7. The van der Waals surface area contributed by atoms with E-state index in [0.717, 1.165) is 0 Å². The van der Waals surface area contributed by atoms with Crippen molar-refractivity contribution in [3.8, 4) is 0 Å². The van der Waals surface area contributed by atoms with Crippen LogP contribution >= 0.6 is 12.4 Å². The Kier molecular flexibility index (Phi) is 9.23. The molecular weight excluding hydrogens is 378 g/mol. The summed E-state index contributed by atoms with van der Waals surface area (Å²) >= 11 is 0. The van der Waals surface area contributed by atoms with Crippen LogP contribution < -0.4 is 10.6 Å². The molecule has 1 amide bonds. The van der Waals surface area contributed by atoms with Crippen LogP contribution in [0, 0.1) is 0 Å². The van der Waals surface area contributed by atoms with E-state index in [1.54, 1.807) is 0 Å². The zero-order chi connectivity index (χ0) is 18.4. The number of hydrogen-bond donors (Lipinski definition) is 2. The van der Waals surface area contributed by atoms with Crippen LogP contribution in [0.3, 0.4) is 0 Å². The first-order valence-corrected chi connectivity index (χ1v) is 6.83. The quantitative estimate of drug-likeness (QED) is 0.552. The van der Waals surface area contributed by atoms with E-state index in [1.165, 1.54) is 7.11 Å². The van der Waals surface area contributed by atoms with E-state index >= 15 is 0 Å². The third kappa shape index (κ3) is 7.93. The number of hydrogen-bond acceptors (Lipinski definition) is 3. The molecule has 144 valence electrons. The molecule has 0 saturated heterocycles. The summed E-state index contributed by atoms with van der Waals surface area (Å²) in [4.78, 5) is 11.8. The molecule has 0 spiro atoms. The molecule has 25 heavy (non-hydrogen) atoms. The van der Waals surface area contributed by atoms with Crippen molar-refractivity contribution in [1.29, 1.82) is 0 Å². The van der Waals surface area contributed by atoms with Gasteiger partial charge in [-0.25, -0.2) is 0 Å². The lowest BCUT2D eigenvalue weighted by atomic mass is 10.0. The van der Waals surface area contributed by atoms with Gasteiger partial charge in [-0.1, -0.05) is 0 Å². The van der Waals surface area contributed by atoms with Gasteiger partial charge in [0.2, 0.25) is 0 Å². The predicted molar refractivity (Wildman–Crippen MR) is 80.8 cm³/mol. The Morgan fingerprint density at radius 2 is 1.48 bits per heavy atom. The molecule has 0 bridgehead atoms. The minimum Gasteiger partial charge on any atom is -0.383 e. The van der Waals surface area contributed by atoms with Crippen LogP contribution in [-0.4, -0.2) is 39.3 Å². The summed E-state index contributed by atoms with van der Waals surface area (Å²) in [6.45, 7) is 1.25. The zero-order valence-corrected chi connectivity index (χ0v) is 13.9. The number of nitrogens with one attached hydrogen (secondary N) is 2. The number of benzene rings is 1. The van der Waals surface area contributed by atoms with Crippen LogP contribution in [0.1, 0.15) is 21.5 Å². The molecule has 1 aromatic rings. The van der Waals surface area contributed by atoms with E-state index in [4.69, 9.17) is 4.74 Å². The zero-order valence-electron chi connectivity index (χ0n) is 13.1. The molecule has 0 unspecified atom stereocenters. The fraction of sp³-hybridized carbons (Fsp3) is 0.500. The Bertz CT molecular complexity index is 531. The Labute approximate surface area is 146 Å². The summed E-state index contributed by atoms with van der Waals surface area (Å²) in [5, 5.41) is 5.12. The first-order chi connectivity index (χ1) is 11.1. The average Bonchev–Trinajstić information content (AvgIpc) is 2.48. The molecule has 0 aliphatic carbocycles. The molecule has 0 aliphatic rings. The van der Waals surface area contributed by atoms with Crippen LogP contribution in [0.5, 0.6) is 0 Å². The summed E-state index contributed by atoms with van der Waals surface area (Å²) in [5.74, 6) is -1.01. The lowest BCUT2D eigenvalue weighted by molar-refractivity contribution is -0.143. The highest BCUT2D eigenvalue weighted by Gasteiger charge is 2.37. The van der Waals surface area contributed by atoms with Crippen molar-refractivity contribution in [2.75, 3.05) is 33.4 Å². The van der Waals surface area contributed by atoms with Gasteiger partial charge in [0.05, 0.1) is 17.7 Å². The molecule has 1 rings (SSSR count). The highest BCUT2D eigenvalue weighted by molar-refractivity contribution is 5.94. The standard InChI is InChI=1S/C14H16F6N2O2.ClH/c1-24-5-4-21-2-3-22-12(23)9-6-10(13(15,16)17)8-11(7-9)14(18,19)20;/h6-8,21H,2-5H2,1H3,(H,22,23);1H. The molecule has 0 radical (unpaired) electrons. The average molecular weight is 395 g/mol. The number of alkyl halides is 6. The van der Waals surface area contributed by atoms with Crippen molar-refractivity contribution >= 4 is 18.3 Å². The van der Waals surface area contributed by atoms with Crippen molar-refractivity contribution in [1.82, 2.24) is 10.6 Å². The maximum atomic E-state index is 12.7. The molecular formula is C14H17ClF6N2O2. The number of methoxy groups -OCH3 is 1. The second-order valence-electron chi connectivity index (χ2n) is 4.79. The summed E-state index contributed by atoms with van der Waals surface area (Å²) in [6.07, 6.45) is -9.98. The summed E-state index contributed by atoms with van der Waals surface area (Å²) < 4.78 is 81.0. The van der Waals surface area contributed by atoms with Crippen LogP contribution in [0.15, 0.2) is 18.2 Å². The molecule has 0 aromatic heterocycles. The summed E-state index contributed by atoms with van der Waals surface area (Å²) in [5.41, 5.74) is -3.75. The topological polar surface area (TPSA) is 50.4 Å². The number of carbonyl (C=O) groups is 1. The van der Waals surface area contributed by atoms with Crippen molar-refractivity contribution < 1.29 is 35.9 Å². The van der Waals surface area contributed by atoms with Gasteiger partial charge in [-0.15, -0.1) is 12.4 Å². The SMILES string of the molecule is COCCNCCNC(=O)c1cc(C(F)(F)F)cc(C(F)(F)F)c1.Cl. The van der Waals surface area contributed by atoms with Gasteiger partial charge in [-0.3, -0.25) is 4.79 Å². The van der Waals surface area contributed by atoms with E-state index in [-0.39, 0.29) is 25.0 Å². The number of ether oxygens (including phenoxy) is 1. The molecule has 4 nitrogen and oxygen atoms in total. The monoisotopic (exact) mass is 394 g/mol. The maximum Gasteiger partial charge on any atom is 0.416 e. The van der Waals surface area contributed by atoms with Crippen molar-refractivity contribution in [2.45, 2.75) is 12.4 Å². The van der Waals surface area contributed by atoms with Crippen LogP contribution in [0.4, 0.5) is 26.3 Å². The van der Waals surface area contributed by atoms with Crippen LogP contribution in [0.25, 0.3) is 0 Å². The van der Waals surface area contributed by atoms with Gasteiger partial charge in [0.25, 0.3) is 5.91 Å². The number of amides is 1. The minimum atomic E-state index is -4.99. The van der Waals surface area contributed by atoms with Gasteiger partial charge < -0.3 is 15.4 Å². The largest absolute Gasteiger partial charge is 0.416 e. The molecule has 0 aliphatic heterocycles. The molecule has 2 N–H and O–H groups in total. The van der Waals surface area contributed by atoms with Gasteiger partial charge in [-0.2, -0.15) is 26.3 Å². The molecule has 0 heterocycles. The van der Waals surface area contributed by atoms with Gasteiger partial charge in [0.15, 0.2) is 0 Å². The van der Waals surface area contributed by atoms with Gasteiger partial charge in [0.1, 0.15) is 0 Å². The third-order valence-electron chi connectivity index (χ3n) is 2.92. The second-order valence-corrected chi connectivity index (χ2v) is 4.79. The number of carbonyl (C=O) groups excluding carboxylic acids is 1. The number of rotatable bonds is 7. The Balaban J connectivity index is 0.00000576. The molecule has 0 atom stereocenters. The fourth-order valence-corrected chi connectivity index (χ4v) is 1.75. The molecule has 11 heteroatoms. The van der Waals surface area contributed by atoms with Crippen molar-refractivity contribution in [3.05, 3.63) is 34.9 Å². The van der Waals surface area contributed by atoms with Gasteiger partial charge in [0, 0.05) is 32.3 Å². The van der Waals surface area contributed by atoms with Gasteiger partial charge >= 0.3 is 12.4 Å². The van der Waals surface area contributed by atoms with Crippen molar-refractivity contribution in [2.24, 2.45) is 0 Å². The number of halogens is 7. The van der Waals surface area contributed by atoms with E-state index in [9.17, 15) is 31.1 Å². The van der Waals surface area contributed by atoms with Crippen molar-refractivity contribution in [3.63, 3.8) is 0 Å². The first kappa shape index (κ1) is 23.5. The smallest absolute Gasteiger partial charge is 0.383 e. The van der Waals surface area contributed by atoms with E-state index in [2.05, 4.69) is 10.6 Å². The third-order valence-corrected chi connectivity index (χ3v) is 2.92. The van der Waals surface area contributed by atoms with Crippen LogP contribution in [-0.2, 0) is 17.1 Å². The Morgan fingerprint density at radius 3 is 1.92 bits per heavy atom. The predicted octanol–water partition coefficient (Wildman–Crippen LogP) is 3.11. The Hall–Kier alpha value is -1.52. The summed E-state index contributed by atoms with van der Waals surface area (Å²) in [7, 11) is 1.50. The fourth-order valence-electron chi connectivity index (χ4n) is 1.75. The van der Waals surface area contributed by atoms with E-state index in [1.807, 2.05) is 0 Å². The molecule has 0 saturated carbocycles. The van der Waals surface area contributed by atoms with Crippen LogP contribution in [0.2, 0.25) is 0 Å². The highest BCUT2D eigenvalue weighted by atomic mass is 35.5.